The van der Waals surface area contributed by atoms with Gasteiger partial charge in [-0.3, -0.25) is 0 Å². The molecule has 0 aromatic carbocycles. The van der Waals surface area contributed by atoms with Gasteiger partial charge in [0, 0.05) is 31.7 Å². The predicted molar refractivity (Wildman–Crippen MR) is 79.8 cm³/mol. The SMILES string of the molecule is Cl.NC1CCC2CN(S(=O)(=O)N3CC4CCC3C4)CC12. The van der Waals surface area contributed by atoms with Crippen molar-refractivity contribution < 1.29 is 8.42 Å². The normalized spacial score (nSPS) is 44.8. The molecule has 2 aliphatic heterocycles. The van der Waals surface area contributed by atoms with E-state index in [-0.39, 0.29) is 24.5 Å². The van der Waals surface area contributed by atoms with Gasteiger partial charge in [-0.05, 0) is 49.9 Å². The first-order chi connectivity index (χ1) is 9.05. The number of hydrogen-bond donors (Lipinski definition) is 1. The highest BCUT2D eigenvalue weighted by atomic mass is 35.5. The van der Waals surface area contributed by atoms with Crippen LogP contribution in [0.1, 0.15) is 32.1 Å². The van der Waals surface area contributed by atoms with E-state index >= 15 is 0 Å². The van der Waals surface area contributed by atoms with Crippen molar-refractivity contribution >= 4 is 22.6 Å². The Balaban J connectivity index is 0.00000121. The maximum atomic E-state index is 12.8. The lowest BCUT2D eigenvalue weighted by atomic mass is 9.98. The quantitative estimate of drug-likeness (QED) is 0.818. The van der Waals surface area contributed by atoms with Gasteiger partial charge in [0.15, 0.2) is 0 Å². The highest BCUT2D eigenvalue weighted by molar-refractivity contribution is 7.86. The lowest BCUT2D eigenvalue weighted by Crippen LogP contribution is -2.47. The van der Waals surface area contributed by atoms with Crippen LogP contribution in [0, 0.1) is 17.8 Å². The molecule has 2 heterocycles. The van der Waals surface area contributed by atoms with Gasteiger partial charge < -0.3 is 5.73 Å². The fourth-order valence-corrected chi connectivity index (χ4v) is 6.77. The van der Waals surface area contributed by atoms with Gasteiger partial charge in [0.1, 0.15) is 0 Å². The Labute approximate surface area is 127 Å². The van der Waals surface area contributed by atoms with Crippen molar-refractivity contribution in [2.24, 2.45) is 23.5 Å². The van der Waals surface area contributed by atoms with E-state index in [0.717, 1.165) is 32.2 Å². The fourth-order valence-electron chi connectivity index (χ4n) is 4.77. The molecule has 5 nitrogen and oxygen atoms in total. The molecule has 5 unspecified atom stereocenters. The van der Waals surface area contributed by atoms with Crippen LogP contribution in [0.3, 0.4) is 0 Å². The first-order valence-corrected chi connectivity index (χ1v) is 8.98. The number of halogens is 1. The minimum absolute atomic E-state index is 0. The molecule has 2 saturated carbocycles. The van der Waals surface area contributed by atoms with E-state index in [0.29, 0.717) is 30.8 Å². The van der Waals surface area contributed by atoms with Crippen LogP contribution in [-0.4, -0.2) is 48.7 Å². The van der Waals surface area contributed by atoms with Gasteiger partial charge in [0.2, 0.25) is 0 Å². The van der Waals surface area contributed by atoms with Crippen molar-refractivity contribution in [3.63, 3.8) is 0 Å². The molecule has 0 spiro atoms. The molecule has 7 heteroatoms. The highest BCUT2D eigenvalue weighted by Crippen LogP contribution is 2.43. The zero-order valence-electron chi connectivity index (χ0n) is 11.6. The van der Waals surface area contributed by atoms with E-state index in [1.807, 2.05) is 0 Å². The average molecular weight is 322 g/mol. The van der Waals surface area contributed by atoms with Crippen molar-refractivity contribution in [3.05, 3.63) is 0 Å². The molecule has 20 heavy (non-hydrogen) atoms. The van der Waals surface area contributed by atoms with Gasteiger partial charge in [-0.2, -0.15) is 17.0 Å². The molecule has 116 valence electrons. The number of hydrogen-bond acceptors (Lipinski definition) is 3. The fraction of sp³-hybridized carbons (Fsp3) is 1.00. The van der Waals surface area contributed by atoms with Gasteiger partial charge in [-0.25, -0.2) is 0 Å². The molecular formula is C13H24ClN3O2S. The third-order valence-corrected chi connectivity index (χ3v) is 7.85. The first kappa shape index (κ1) is 15.0. The summed E-state index contributed by atoms with van der Waals surface area (Å²) in [5.41, 5.74) is 6.10. The minimum Gasteiger partial charge on any atom is -0.327 e. The summed E-state index contributed by atoms with van der Waals surface area (Å²) in [4.78, 5) is 0. The van der Waals surface area contributed by atoms with Gasteiger partial charge in [-0.1, -0.05) is 0 Å². The second kappa shape index (κ2) is 5.09. The molecule has 2 aliphatic carbocycles. The van der Waals surface area contributed by atoms with E-state index < -0.39 is 10.2 Å². The molecule has 0 aromatic rings. The van der Waals surface area contributed by atoms with E-state index in [1.165, 1.54) is 6.42 Å². The van der Waals surface area contributed by atoms with Crippen molar-refractivity contribution in [3.8, 4) is 0 Å². The Kier molecular flexibility index (Phi) is 3.83. The molecule has 0 aromatic heterocycles. The van der Waals surface area contributed by atoms with E-state index in [4.69, 9.17) is 5.73 Å². The Morgan fingerprint density at radius 1 is 1.00 bits per heavy atom. The Bertz CT molecular complexity index is 486. The molecule has 2 bridgehead atoms. The minimum atomic E-state index is -3.22. The second-order valence-electron chi connectivity index (χ2n) is 6.89. The Hall–Kier alpha value is 0.120. The first-order valence-electron chi connectivity index (χ1n) is 7.58. The lowest BCUT2D eigenvalue weighted by Gasteiger charge is -2.30. The summed E-state index contributed by atoms with van der Waals surface area (Å²) >= 11 is 0. The molecule has 5 atom stereocenters. The zero-order chi connectivity index (χ0) is 13.2. The van der Waals surface area contributed by atoms with Crippen LogP contribution < -0.4 is 5.73 Å². The zero-order valence-corrected chi connectivity index (χ0v) is 13.3. The van der Waals surface area contributed by atoms with Crippen LogP contribution in [0.2, 0.25) is 0 Å². The van der Waals surface area contributed by atoms with Crippen LogP contribution in [0.4, 0.5) is 0 Å². The molecular weight excluding hydrogens is 298 g/mol. The monoisotopic (exact) mass is 321 g/mol. The van der Waals surface area contributed by atoms with Crippen LogP contribution in [0.15, 0.2) is 0 Å². The summed E-state index contributed by atoms with van der Waals surface area (Å²) in [6.45, 7) is 2.11. The standard InChI is InChI=1S/C13H23N3O2S.ClH/c14-13-4-2-10-7-15(8-12(10)13)19(17,18)16-6-9-1-3-11(16)5-9;/h9-13H,1-8,14H2;1H. The summed E-state index contributed by atoms with van der Waals surface area (Å²) in [5, 5.41) is 0. The van der Waals surface area contributed by atoms with Crippen molar-refractivity contribution in [1.82, 2.24) is 8.61 Å². The summed E-state index contributed by atoms with van der Waals surface area (Å²) in [7, 11) is -3.22. The number of nitrogens with zero attached hydrogens (tertiary/aromatic N) is 2. The van der Waals surface area contributed by atoms with Crippen LogP contribution in [-0.2, 0) is 10.2 Å². The summed E-state index contributed by atoms with van der Waals surface area (Å²) in [6, 6.07) is 0.490. The Morgan fingerprint density at radius 2 is 1.80 bits per heavy atom. The van der Waals surface area contributed by atoms with Crippen LogP contribution in [0.25, 0.3) is 0 Å². The largest absolute Gasteiger partial charge is 0.327 e. The number of fused-ring (bicyclic) bond motifs is 3. The van der Waals surface area contributed by atoms with Crippen LogP contribution in [0.5, 0.6) is 0 Å². The molecule has 0 radical (unpaired) electrons. The molecule has 4 aliphatic rings. The van der Waals surface area contributed by atoms with Crippen LogP contribution >= 0.6 is 12.4 Å². The maximum absolute atomic E-state index is 12.8. The smallest absolute Gasteiger partial charge is 0.282 e. The third kappa shape index (κ3) is 2.11. The van der Waals surface area contributed by atoms with E-state index in [1.54, 1.807) is 8.61 Å². The van der Waals surface area contributed by atoms with E-state index in [9.17, 15) is 8.42 Å². The number of piperidine rings is 1. The topological polar surface area (TPSA) is 66.6 Å². The third-order valence-electron chi connectivity index (χ3n) is 5.86. The predicted octanol–water partition coefficient (Wildman–Crippen LogP) is 0.806. The molecule has 4 fully saturated rings. The molecule has 2 N–H and O–H groups in total. The van der Waals surface area contributed by atoms with Gasteiger partial charge in [0.25, 0.3) is 10.2 Å². The maximum Gasteiger partial charge on any atom is 0.282 e. The van der Waals surface area contributed by atoms with E-state index in [2.05, 4.69) is 0 Å². The number of rotatable bonds is 2. The lowest BCUT2D eigenvalue weighted by molar-refractivity contribution is 0.299. The highest BCUT2D eigenvalue weighted by Gasteiger charge is 2.50. The summed E-state index contributed by atoms with van der Waals surface area (Å²) in [5.74, 6) is 1.52. The second-order valence-corrected chi connectivity index (χ2v) is 8.77. The van der Waals surface area contributed by atoms with Crippen molar-refractivity contribution in [2.45, 2.75) is 44.2 Å². The van der Waals surface area contributed by atoms with Gasteiger partial charge in [0.05, 0.1) is 0 Å². The molecule has 0 amide bonds. The van der Waals surface area contributed by atoms with Crippen molar-refractivity contribution in [2.75, 3.05) is 19.6 Å². The molecule has 4 rings (SSSR count). The van der Waals surface area contributed by atoms with Gasteiger partial charge in [-0.15, -0.1) is 12.4 Å². The van der Waals surface area contributed by atoms with Crippen molar-refractivity contribution in [1.29, 1.82) is 0 Å². The van der Waals surface area contributed by atoms with Gasteiger partial charge >= 0.3 is 0 Å². The Morgan fingerprint density at radius 3 is 2.40 bits per heavy atom. The molecule has 2 saturated heterocycles. The summed E-state index contributed by atoms with van der Waals surface area (Å²) in [6.07, 6.45) is 5.53. The average Bonchev–Trinajstić information content (AvgIpc) is 3.10. The number of nitrogens with two attached hydrogens (primary N) is 1. The summed E-state index contributed by atoms with van der Waals surface area (Å²) < 4.78 is 29.1.